The fourth-order valence-corrected chi connectivity index (χ4v) is 3.01. The molecule has 0 unspecified atom stereocenters. The highest BCUT2D eigenvalue weighted by Gasteiger charge is 2.30. The Bertz CT molecular complexity index is 541. The van der Waals surface area contributed by atoms with Crippen LogP contribution in [-0.4, -0.2) is 6.61 Å². The van der Waals surface area contributed by atoms with Crippen molar-refractivity contribution < 1.29 is 18.1 Å². The number of phosphoric ester groups is 1. The Labute approximate surface area is 131 Å². The first-order chi connectivity index (χ1) is 10.7. The summed E-state index contributed by atoms with van der Waals surface area (Å²) in [4.78, 5) is 0. The van der Waals surface area contributed by atoms with Gasteiger partial charge in [-0.15, -0.1) is 0 Å². The minimum Gasteiger partial charge on any atom is -0.395 e. The minimum absolute atomic E-state index is 0.307. The largest absolute Gasteiger partial charge is 0.587 e. The van der Waals surface area contributed by atoms with Gasteiger partial charge in [0.25, 0.3) is 0 Å². The molecule has 0 saturated carbocycles. The van der Waals surface area contributed by atoms with Crippen molar-refractivity contribution in [2.24, 2.45) is 0 Å². The fourth-order valence-electron chi connectivity index (χ4n) is 1.76. The molecule has 0 heterocycles. The first-order valence-electron chi connectivity index (χ1n) is 7.23. The lowest BCUT2D eigenvalue weighted by atomic mass is 10.3. The highest BCUT2D eigenvalue weighted by molar-refractivity contribution is 7.49. The maximum Gasteiger partial charge on any atom is 0.587 e. The summed E-state index contributed by atoms with van der Waals surface area (Å²) < 4.78 is 29.2. The Hall–Kier alpha value is -1.77. The molecule has 1 radical (unpaired) electrons. The van der Waals surface area contributed by atoms with Gasteiger partial charge in [0, 0.05) is 0 Å². The predicted molar refractivity (Wildman–Crippen MR) is 86.9 cm³/mol. The molecule has 0 atom stereocenters. The zero-order chi connectivity index (χ0) is 15.7. The third kappa shape index (κ3) is 5.55. The first kappa shape index (κ1) is 16.6. The van der Waals surface area contributed by atoms with E-state index in [-0.39, 0.29) is 0 Å². The summed E-state index contributed by atoms with van der Waals surface area (Å²) in [7, 11) is -3.72. The van der Waals surface area contributed by atoms with Gasteiger partial charge >= 0.3 is 7.82 Å². The monoisotopic (exact) mass is 319 g/mol. The molecule has 117 valence electrons. The Balaban J connectivity index is 2.07. The van der Waals surface area contributed by atoms with Crippen LogP contribution >= 0.6 is 7.82 Å². The molecule has 0 spiro atoms. The van der Waals surface area contributed by atoms with Crippen LogP contribution in [0.3, 0.4) is 0 Å². The standard InChI is InChI=1S/C17H20O4P/c1-2-3-10-15-19-22(18,20-16-11-6-4-7-12-16)21-17-13-8-5-9-14-17/h2,4-9,11-14H,3,10,15H2,1H3. The molecule has 4 nitrogen and oxygen atoms in total. The lowest BCUT2D eigenvalue weighted by Gasteiger charge is -2.19. The second kappa shape index (κ2) is 8.62. The third-order valence-corrected chi connectivity index (χ3v) is 4.18. The van der Waals surface area contributed by atoms with Gasteiger partial charge in [0.2, 0.25) is 0 Å². The molecule has 2 aromatic carbocycles. The molecule has 0 saturated heterocycles. The quantitative estimate of drug-likeness (QED) is 0.466. The molecule has 0 amide bonds. The summed E-state index contributed by atoms with van der Waals surface area (Å²) in [6.07, 6.45) is 3.68. The lowest BCUT2D eigenvalue weighted by Crippen LogP contribution is -2.06. The van der Waals surface area contributed by atoms with E-state index in [1.54, 1.807) is 48.5 Å². The van der Waals surface area contributed by atoms with Crippen LogP contribution in [0.2, 0.25) is 0 Å². The summed E-state index contributed by atoms with van der Waals surface area (Å²) in [6, 6.07) is 17.8. The molecule has 0 fully saturated rings. The van der Waals surface area contributed by atoms with Crippen LogP contribution in [0.25, 0.3) is 0 Å². The Morgan fingerprint density at radius 2 is 1.41 bits per heavy atom. The summed E-state index contributed by atoms with van der Waals surface area (Å²) in [5.74, 6) is 0.896. The van der Waals surface area contributed by atoms with Crippen molar-refractivity contribution in [3.63, 3.8) is 0 Å². The van der Waals surface area contributed by atoms with Crippen LogP contribution in [0.15, 0.2) is 60.7 Å². The lowest BCUT2D eigenvalue weighted by molar-refractivity contribution is 0.207. The van der Waals surface area contributed by atoms with Gasteiger partial charge in [0.05, 0.1) is 6.61 Å². The molecular formula is C17H20O4P. The number of hydrogen-bond acceptors (Lipinski definition) is 4. The molecule has 0 bridgehead atoms. The third-order valence-electron chi connectivity index (χ3n) is 2.81. The summed E-state index contributed by atoms with van der Waals surface area (Å²) in [5.41, 5.74) is 0. The van der Waals surface area contributed by atoms with E-state index in [0.717, 1.165) is 12.8 Å². The number of phosphoric acid groups is 1. The molecular weight excluding hydrogens is 299 g/mol. The highest BCUT2D eigenvalue weighted by Crippen LogP contribution is 2.49. The second-order valence-corrected chi connectivity index (χ2v) is 6.16. The number of rotatable bonds is 9. The van der Waals surface area contributed by atoms with E-state index in [1.807, 2.05) is 25.5 Å². The number of unbranched alkanes of at least 4 members (excludes halogenated alkanes) is 2. The van der Waals surface area contributed by atoms with Crippen LogP contribution in [0.4, 0.5) is 0 Å². The van der Waals surface area contributed by atoms with Crippen molar-refractivity contribution in [3.8, 4) is 11.5 Å². The van der Waals surface area contributed by atoms with E-state index in [9.17, 15) is 4.57 Å². The molecule has 0 N–H and O–H groups in total. The van der Waals surface area contributed by atoms with Gasteiger partial charge in [-0.2, -0.15) is 0 Å². The average Bonchev–Trinajstić information content (AvgIpc) is 2.53. The zero-order valence-corrected chi connectivity index (χ0v) is 13.4. The van der Waals surface area contributed by atoms with Gasteiger partial charge < -0.3 is 9.05 Å². The van der Waals surface area contributed by atoms with E-state index < -0.39 is 7.82 Å². The van der Waals surface area contributed by atoms with Crippen LogP contribution in [-0.2, 0) is 9.09 Å². The topological polar surface area (TPSA) is 44.8 Å². The maximum atomic E-state index is 12.8. The second-order valence-electron chi connectivity index (χ2n) is 4.64. The van der Waals surface area contributed by atoms with Crippen molar-refractivity contribution in [3.05, 3.63) is 67.1 Å². The van der Waals surface area contributed by atoms with Crippen LogP contribution in [0, 0.1) is 6.42 Å². The van der Waals surface area contributed by atoms with E-state index in [1.165, 1.54) is 0 Å². The molecule has 0 aliphatic carbocycles. The van der Waals surface area contributed by atoms with Crippen molar-refractivity contribution in [2.45, 2.75) is 19.8 Å². The van der Waals surface area contributed by atoms with E-state index in [4.69, 9.17) is 13.6 Å². The normalized spacial score (nSPS) is 11.1. The van der Waals surface area contributed by atoms with Gasteiger partial charge in [-0.3, -0.25) is 4.52 Å². The molecule has 0 aliphatic heterocycles. The fraction of sp³-hybridized carbons (Fsp3) is 0.235. The molecule has 2 rings (SSSR count). The van der Waals surface area contributed by atoms with Gasteiger partial charge in [-0.1, -0.05) is 43.3 Å². The van der Waals surface area contributed by atoms with Crippen molar-refractivity contribution >= 4 is 7.82 Å². The molecule has 22 heavy (non-hydrogen) atoms. The van der Waals surface area contributed by atoms with Crippen LogP contribution in [0.5, 0.6) is 11.5 Å². The van der Waals surface area contributed by atoms with E-state index >= 15 is 0 Å². The molecule has 5 heteroatoms. The minimum atomic E-state index is -3.72. The van der Waals surface area contributed by atoms with E-state index in [2.05, 4.69) is 0 Å². The Kier molecular flexibility index (Phi) is 6.50. The Morgan fingerprint density at radius 1 is 0.909 bits per heavy atom. The smallest absolute Gasteiger partial charge is 0.395 e. The summed E-state index contributed by atoms with van der Waals surface area (Å²) in [6.45, 7) is 2.28. The SMILES string of the molecule is C[CH]CCCOP(=O)(Oc1ccccc1)Oc1ccccc1. The predicted octanol–water partition coefficient (Wildman–Crippen LogP) is 5.27. The maximum absolute atomic E-state index is 12.8. The highest BCUT2D eigenvalue weighted by atomic mass is 31.2. The zero-order valence-electron chi connectivity index (χ0n) is 12.6. The summed E-state index contributed by atoms with van der Waals surface area (Å²) in [5, 5.41) is 0. The van der Waals surface area contributed by atoms with Gasteiger partial charge in [0.1, 0.15) is 11.5 Å². The molecule has 0 aliphatic rings. The van der Waals surface area contributed by atoms with Crippen LogP contribution in [0.1, 0.15) is 19.8 Å². The van der Waals surface area contributed by atoms with Gasteiger partial charge in [-0.05, 0) is 43.5 Å². The van der Waals surface area contributed by atoms with Crippen LogP contribution < -0.4 is 9.05 Å². The van der Waals surface area contributed by atoms with Crippen molar-refractivity contribution in [1.29, 1.82) is 0 Å². The van der Waals surface area contributed by atoms with Crippen molar-refractivity contribution in [1.82, 2.24) is 0 Å². The molecule has 0 aromatic heterocycles. The van der Waals surface area contributed by atoms with E-state index in [0.29, 0.717) is 18.1 Å². The number of benzene rings is 2. The number of para-hydroxylation sites is 2. The molecule has 2 aromatic rings. The summed E-state index contributed by atoms with van der Waals surface area (Å²) >= 11 is 0. The van der Waals surface area contributed by atoms with Gasteiger partial charge in [0.15, 0.2) is 0 Å². The number of hydrogen-bond donors (Lipinski definition) is 0. The van der Waals surface area contributed by atoms with Crippen molar-refractivity contribution in [2.75, 3.05) is 6.61 Å². The Morgan fingerprint density at radius 3 is 1.86 bits per heavy atom. The first-order valence-corrected chi connectivity index (χ1v) is 8.69. The average molecular weight is 319 g/mol. The van der Waals surface area contributed by atoms with Gasteiger partial charge in [-0.25, -0.2) is 4.57 Å².